The molecule has 0 unspecified atom stereocenters. The largest absolute Gasteiger partial charge is 0.351 e. The van der Waals surface area contributed by atoms with Crippen molar-refractivity contribution in [1.29, 1.82) is 0 Å². The number of aromatic amines is 1. The number of H-pyrrole nitrogens is 1. The van der Waals surface area contributed by atoms with Gasteiger partial charge in [0.2, 0.25) is 10.0 Å². The van der Waals surface area contributed by atoms with E-state index in [9.17, 15) is 17.6 Å². The molecular weight excluding hydrogens is 443 g/mol. The number of aryl methyl sites for hydroxylation is 1. The molecule has 4 rings (SSSR count). The summed E-state index contributed by atoms with van der Waals surface area (Å²) in [5, 5.41) is 3.85. The monoisotopic (exact) mass is 472 g/mol. The Labute approximate surface area is 193 Å². The molecule has 1 aliphatic rings. The highest BCUT2D eigenvalue weighted by Crippen LogP contribution is 2.27. The summed E-state index contributed by atoms with van der Waals surface area (Å²) in [6.45, 7) is 3.13. The van der Waals surface area contributed by atoms with Crippen LogP contribution in [-0.2, 0) is 10.0 Å². The van der Waals surface area contributed by atoms with E-state index in [4.69, 9.17) is 0 Å². The van der Waals surface area contributed by atoms with Gasteiger partial charge in [-0.15, -0.1) is 0 Å². The fourth-order valence-electron chi connectivity index (χ4n) is 4.31. The minimum absolute atomic E-state index is 0.124. The number of amides is 1. The Morgan fingerprint density at radius 2 is 2.00 bits per heavy atom. The van der Waals surface area contributed by atoms with Crippen LogP contribution < -0.4 is 5.32 Å². The van der Waals surface area contributed by atoms with Crippen LogP contribution in [0.4, 0.5) is 4.39 Å². The summed E-state index contributed by atoms with van der Waals surface area (Å²) in [5.41, 5.74) is 1.75. The molecule has 0 saturated carbocycles. The maximum absolute atomic E-state index is 13.5. The van der Waals surface area contributed by atoms with Crippen LogP contribution >= 0.6 is 0 Å². The SMILES string of the molecule is Cc1cc(S(=O)(=O)N2CCC(CCCCNC(=O)c3cc4cnccc4[nH]3)CC2)ccc1F. The molecule has 0 atom stereocenters. The molecular formula is C24H29FN4O3S. The van der Waals surface area contributed by atoms with Crippen molar-refractivity contribution in [3.05, 3.63) is 59.8 Å². The van der Waals surface area contributed by atoms with Crippen molar-refractivity contribution in [3.8, 4) is 0 Å². The number of fused-ring (bicyclic) bond motifs is 1. The number of carbonyl (C=O) groups excluding carboxylic acids is 1. The molecule has 1 amide bonds. The fraction of sp³-hybridized carbons (Fsp3) is 0.417. The molecule has 0 bridgehead atoms. The van der Waals surface area contributed by atoms with Gasteiger partial charge in [-0.3, -0.25) is 9.78 Å². The number of nitrogens with one attached hydrogen (secondary N) is 2. The van der Waals surface area contributed by atoms with Gasteiger partial charge < -0.3 is 10.3 Å². The molecule has 3 heterocycles. The van der Waals surface area contributed by atoms with Crippen LogP contribution in [0.25, 0.3) is 10.9 Å². The van der Waals surface area contributed by atoms with Crippen LogP contribution in [0.3, 0.4) is 0 Å². The molecule has 0 radical (unpaired) electrons. The van der Waals surface area contributed by atoms with E-state index in [2.05, 4.69) is 15.3 Å². The summed E-state index contributed by atoms with van der Waals surface area (Å²) in [6.07, 6.45) is 7.90. The molecule has 1 aromatic carbocycles. The molecule has 33 heavy (non-hydrogen) atoms. The van der Waals surface area contributed by atoms with Crippen LogP contribution in [-0.4, -0.2) is 48.2 Å². The Balaban J connectivity index is 1.17. The average Bonchev–Trinajstić information content (AvgIpc) is 3.25. The molecule has 2 N–H and O–H groups in total. The van der Waals surface area contributed by atoms with Crippen molar-refractivity contribution in [2.45, 2.75) is 43.9 Å². The van der Waals surface area contributed by atoms with Gasteiger partial charge in [0, 0.05) is 42.9 Å². The lowest BCUT2D eigenvalue weighted by Gasteiger charge is -2.31. The summed E-state index contributed by atoms with van der Waals surface area (Å²) in [6, 6.07) is 7.59. The lowest BCUT2D eigenvalue weighted by Crippen LogP contribution is -2.38. The van der Waals surface area contributed by atoms with Gasteiger partial charge in [0.05, 0.1) is 4.90 Å². The van der Waals surface area contributed by atoms with E-state index in [1.54, 1.807) is 25.4 Å². The van der Waals surface area contributed by atoms with Crippen LogP contribution in [0, 0.1) is 18.7 Å². The normalized spacial score (nSPS) is 15.7. The third kappa shape index (κ3) is 5.42. The lowest BCUT2D eigenvalue weighted by molar-refractivity contribution is 0.0948. The van der Waals surface area contributed by atoms with E-state index in [1.165, 1.54) is 22.5 Å². The van der Waals surface area contributed by atoms with Crippen molar-refractivity contribution in [1.82, 2.24) is 19.6 Å². The zero-order chi connectivity index (χ0) is 23.4. The van der Waals surface area contributed by atoms with Gasteiger partial charge >= 0.3 is 0 Å². The Morgan fingerprint density at radius 1 is 1.21 bits per heavy atom. The number of hydrogen-bond acceptors (Lipinski definition) is 4. The second kappa shape index (κ2) is 10.0. The standard InChI is InChI=1S/C24H29FN4O3S/c1-17-14-20(5-6-21(17)25)33(31,32)29-12-8-18(9-13-29)4-2-3-10-27-24(30)23-15-19-16-26-11-7-22(19)28-23/h5-7,11,14-16,18,28H,2-4,8-10,12-13H2,1H3,(H,27,30). The van der Waals surface area contributed by atoms with E-state index < -0.39 is 15.8 Å². The first-order valence-corrected chi connectivity index (χ1v) is 12.8. The third-order valence-electron chi connectivity index (χ3n) is 6.33. The highest BCUT2D eigenvalue weighted by Gasteiger charge is 2.29. The van der Waals surface area contributed by atoms with E-state index >= 15 is 0 Å². The summed E-state index contributed by atoms with van der Waals surface area (Å²) in [4.78, 5) is 19.6. The first-order valence-electron chi connectivity index (χ1n) is 11.3. The number of benzene rings is 1. The Hall–Kier alpha value is -2.78. The highest BCUT2D eigenvalue weighted by molar-refractivity contribution is 7.89. The number of pyridine rings is 1. The number of hydrogen-bond donors (Lipinski definition) is 2. The first kappa shape index (κ1) is 23.4. The average molecular weight is 473 g/mol. The van der Waals surface area contributed by atoms with E-state index in [0.717, 1.165) is 43.0 Å². The number of piperidine rings is 1. The summed E-state index contributed by atoms with van der Waals surface area (Å²) < 4.78 is 40.7. The third-order valence-corrected chi connectivity index (χ3v) is 8.23. The number of rotatable bonds is 8. The Bertz CT molecular complexity index is 1200. The number of aromatic nitrogens is 2. The number of unbranched alkanes of at least 4 members (excludes halogenated alkanes) is 1. The van der Waals surface area contributed by atoms with Gasteiger partial charge in [-0.25, -0.2) is 12.8 Å². The molecule has 2 aromatic heterocycles. The van der Waals surface area contributed by atoms with Crippen molar-refractivity contribution >= 4 is 26.8 Å². The maximum atomic E-state index is 13.5. The summed E-state index contributed by atoms with van der Waals surface area (Å²) in [5.74, 6) is -0.0495. The Kier molecular flexibility index (Phi) is 7.09. The minimum Gasteiger partial charge on any atom is -0.351 e. The number of nitrogens with zero attached hydrogens (tertiary/aromatic N) is 2. The topological polar surface area (TPSA) is 95.2 Å². The van der Waals surface area contributed by atoms with Gasteiger partial charge in [0.15, 0.2) is 0 Å². The molecule has 0 aliphatic carbocycles. The first-order chi connectivity index (χ1) is 15.8. The molecule has 7 nitrogen and oxygen atoms in total. The van der Waals surface area contributed by atoms with Crippen LogP contribution in [0.2, 0.25) is 0 Å². The van der Waals surface area contributed by atoms with Gasteiger partial charge in [0.25, 0.3) is 5.91 Å². The molecule has 176 valence electrons. The summed E-state index contributed by atoms with van der Waals surface area (Å²) in [7, 11) is -3.59. The fourth-order valence-corrected chi connectivity index (χ4v) is 5.87. The second-order valence-electron chi connectivity index (χ2n) is 8.66. The lowest BCUT2D eigenvalue weighted by atomic mass is 9.92. The van der Waals surface area contributed by atoms with E-state index in [1.807, 2.05) is 6.07 Å². The Morgan fingerprint density at radius 3 is 2.73 bits per heavy atom. The second-order valence-corrected chi connectivity index (χ2v) is 10.6. The number of halogens is 1. The minimum atomic E-state index is -3.59. The predicted molar refractivity (Wildman–Crippen MR) is 125 cm³/mol. The smallest absolute Gasteiger partial charge is 0.267 e. The quantitative estimate of drug-likeness (QED) is 0.484. The van der Waals surface area contributed by atoms with Gasteiger partial charge in [0.1, 0.15) is 11.5 Å². The zero-order valence-corrected chi connectivity index (χ0v) is 19.5. The molecule has 1 saturated heterocycles. The van der Waals surface area contributed by atoms with Crippen molar-refractivity contribution in [2.24, 2.45) is 5.92 Å². The molecule has 1 aliphatic heterocycles. The van der Waals surface area contributed by atoms with Crippen molar-refractivity contribution in [2.75, 3.05) is 19.6 Å². The molecule has 3 aromatic rings. The molecule has 1 fully saturated rings. The summed E-state index contributed by atoms with van der Waals surface area (Å²) >= 11 is 0. The maximum Gasteiger partial charge on any atom is 0.267 e. The predicted octanol–water partition coefficient (Wildman–Crippen LogP) is 4.01. The van der Waals surface area contributed by atoms with Crippen molar-refractivity contribution in [3.63, 3.8) is 0 Å². The van der Waals surface area contributed by atoms with Crippen LogP contribution in [0.5, 0.6) is 0 Å². The zero-order valence-electron chi connectivity index (χ0n) is 18.7. The van der Waals surface area contributed by atoms with E-state index in [-0.39, 0.29) is 10.8 Å². The van der Waals surface area contributed by atoms with Gasteiger partial charge in [-0.2, -0.15) is 4.31 Å². The van der Waals surface area contributed by atoms with Crippen LogP contribution in [0.15, 0.2) is 47.6 Å². The molecule has 0 spiro atoms. The number of sulfonamides is 1. The van der Waals surface area contributed by atoms with E-state index in [0.29, 0.717) is 36.8 Å². The molecule has 9 heteroatoms. The van der Waals surface area contributed by atoms with Crippen LogP contribution in [0.1, 0.15) is 48.2 Å². The van der Waals surface area contributed by atoms with Gasteiger partial charge in [-0.1, -0.05) is 12.8 Å². The highest BCUT2D eigenvalue weighted by atomic mass is 32.2. The van der Waals surface area contributed by atoms with Crippen molar-refractivity contribution < 1.29 is 17.6 Å². The van der Waals surface area contributed by atoms with Gasteiger partial charge in [-0.05, 0) is 68.0 Å². The number of carbonyl (C=O) groups is 1.